The summed E-state index contributed by atoms with van der Waals surface area (Å²) in [7, 11) is 1.65. The number of piperidine rings is 1. The van der Waals surface area contributed by atoms with E-state index in [1.165, 1.54) is 6.07 Å². The number of carbonyl (C=O) groups excluding carboxylic acids is 1. The van der Waals surface area contributed by atoms with Crippen LogP contribution in [0.5, 0.6) is 0 Å². The van der Waals surface area contributed by atoms with Crippen LogP contribution in [0, 0.1) is 11.7 Å². The Morgan fingerprint density at radius 2 is 2.10 bits per heavy atom. The van der Waals surface area contributed by atoms with Crippen molar-refractivity contribution in [2.24, 2.45) is 11.7 Å². The Balaban J connectivity index is 2.17. The van der Waals surface area contributed by atoms with Crippen LogP contribution >= 0.6 is 12.2 Å². The molecule has 1 aromatic rings. The molecular formula is C14H18FN3OS. The van der Waals surface area contributed by atoms with Crippen molar-refractivity contribution in [3.63, 3.8) is 0 Å². The third-order valence-electron chi connectivity index (χ3n) is 3.69. The SMILES string of the molecule is CNC(=O)C1CCN(c2cccc(F)c2C(N)=S)CC1. The molecule has 2 rings (SSSR count). The number of hydrogen-bond acceptors (Lipinski definition) is 3. The van der Waals surface area contributed by atoms with Crippen LogP contribution < -0.4 is 16.0 Å². The average molecular weight is 295 g/mol. The van der Waals surface area contributed by atoms with E-state index < -0.39 is 5.82 Å². The lowest BCUT2D eigenvalue weighted by atomic mass is 9.95. The van der Waals surface area contributed by atoms with Crippen molar-refractivity contribution in [2.75, 3.05) is 25.0 Å². The van der Waals surface area contributed by atoms with Crippen LogP contribution in [0.2, 0.25) is 0 Å². The Kier molecular flexibility index (Phi) is 4.54. The van der Waals surface area contributed by atoms with E-state index in [9.17, 15) is 9.18 Å². The first-order chi connectivity index (χ1) is 9.54. The number of nitrogens with zero attached hydrogens (tertiary/aromatic N) is 1. The van der Waals surface area contributed by atoms with Crippen molar-refractivity contribution >= 4 is 28.8 Å². The second kappa shape index (κ2) is 6.17. The van der Waals surface area contributed by atoms with Crippen LogP contribution in [-0.2, 0) is 4.79 Å². The number of carbonyl (C=O) groups is 1. The fraction of sp³-hybridized carbons (Fsp3) is 0.429. The molecule has 1 aliphatic rings. The molecule has 0 aliphatic carbocycles. The maximum absolute atomic E-state index is 13.9. The average Bonchev–Trinajstić information content (AvgIpc) is 2.46. The van der Waals surface area contributed by atoms with Crippen molar-refractivity contribution in [3.05, 3.63) is 29.6 Å². The number of amides is 1. The molecule has 108 valence electrons. The number of nitrogens with one attached hydrogen (secondary N) is 1. The van der Waals surface area contributed by atoms with Crippen molar-refractivity contribution in [3.8, 4) is 0 Å². The number of nitrogens with two attached hydrogens (primary N) is 1. The van der Waals surface area contributed by atoms with Crippen molar-refractivity contribution < 1.29 is 9.18 Å². The van der Waals surface area contributed by atoms with Crippen LogP contribution in [0.25, 0.3) is 0 Å². The third kappa shape index (κ3) is 2.90. The summed E-state index contributed by atoms with van der Waals surface area (Å²) in [5.74, 6) is -0.306. The van der Waals surface area contributed by atoms with Gasteiger partial charge in [-0.3, -0.25) is 4.79 Å². The molecule has 0 bridgehead atoms. The molecule has 0 radical (unpaired) electrons. The fourth-order valence-corrected chi connectivity index (χ4v) is 2.81. The topological polar surface area (TPSA) is 58.4 Å². The molecule has 0 spiro atoms. The Labute approximate surface area is 123 Å². The van der Waals surface area contributed by atoms with Gasteiger partial charge in [0.2, 0.25) is 5.91 Å². The zero-order valence-corrected chi connectivity index (χ0v) is 12.2. The molecule has 6 heteroatoms. The molecule has 1 heterocycles. The van der Waals surface area contributed by atoms with E-state index >= 15 is 0 Å². The van der Waals surface area contributed by atoms with E-state index in [-0.39, 0.29) is 16.8 Å². The minimum Gasteiger partial charge on any atom is -0.389 e. The lowest BCUT2D eigenvalue weighted by Crippen LogP contribution is -2.40. The summed E-state index contributed by atoms with van der Waals surface area (Å²) in [6.07, 6.45) is 1.49. The minimum absolute atomic E-state index is 0.0260. The van der Waals surface area contributed by atoms with Crippen LogP contribution in [0.15, 0.2) is 18.2 Å². The number of rotatable bonds is 3. The van der Waals surface area contributed by atoms with Gasteiger partial charge in [0.15, 0.2) is 0 Å². The summed E-state index contributed by atoms with van der Waals surface area (Å²) in [5, 5.41) is 2.67. The molecule has 0 saturated carbocycles. The van der Waals surface area contributed by atoms with Gasteiger partial charge in [0.25, 0.3) is 0 Å². The van der Waals surface area contributed by atoms with Gasteiger partial charge < -0.3 is 16.0 Å². The summed E-state index contributed by atoms with van der Waals surface area (Å²) in [6.45, 7) is 1.38. The van der Waals surface area contributed by atoms with Gasteiger partial charge >= 0.3 is 0 Å². The maximum atomic E-state index is 13.9. The van der Waals surface area contributed by atoms with Crippen molar-refractivity contribution in [1.82, 2.24) is 5.32 Å². The predicted octanol–water partition coefficient (Wildman–Crippen LogP) is 1.42. The molecule has 1 fully saturated rings. The second-order valence-electron chi connectivity index (χ2n) is 4.87. The monoisotopic (exact) mass is 295 g/mol. The first-order valence-corrected chi connectivity index (χ1v) is 7.00. The maximum Gasteiger partial charge on any atom is 0.222 e. The van der Waals surface area contributed by atoms with E-state index in [1.807, 2.05) is 11.0 Å². The lowest BCUT2D eigenvalue weighted by Gasteiger charge is -2.34. The number of anilines is 1. The number of thiocarbonyl (C=S) groups is 1. The Morgan fingerprint density at radius 3 is 2.65 bits per heavy atom. The van der Waals surface area contributed by atoms with Crippen LogP contribution in [-0.4, -0.2) is 31.0 Å². The largest absolute Gasteiger partial charge is 0.389 e. The zero-order chi connectivity index (χ0) is 14.7. The Morgan fingerprint density at radius 1 is 1.45 bits per heavy atom. The highest BCUT2D eigenvalue weighted by molar-refractivity contribution is 7.80. The van der Waals surface area contributed by atoms with Gasteiger partial charge in [-0.15, -0.1) is 0 Å². The van der Waals surface area contributed by atoms with Crippen LogP contribution in [0.4, 0.5) is 10.1 Å². The molecular weight excluding hydrogens is 277 g/mol. The molecule has 1 aromatic carbocycles. The zero-order valence-electron chi connectivity index (χ0n) is 11.4. The highest BCUT2D eigenvalue weighted by Gasteiger charge is 2.26. The van der Waals surface area contributed by atoms with Crippen LogP contribution in [0.1, 0.15) is 18.4 Å². The predicted molar refractivity (Wildman–Crippen MR) is 81.3 cm³/mol. The smallest absolute Gasteiger partial charge is 0.222 e. The summed E-state index contributed by atoms with van der Waals surface area (Å²) in [4.78, 5) is 13.7. The molecule has 20 heavy (non-hydrogen) atoms. The summed E-state index contributed by atoms with van der Waals surface area (Å²) in [5.41, 5.74) is 6.63. The molecule has 1 aliphatic heterocycles. The summed E-state index contributed by atoms with van der Waals surface area (Å²) < 4.78 is 13.9. The minimum atomic E-state index is -0.400. The van der Waals surface area contributed by atoms with Gasteiger partial charge in [0, 0.05) is 31.7 Å². The molecule has 4 nitrogen and oxygen atoms in total. The summed E-state index contributed by atoms with van der Waals surface area (Å²) >= 11 is 4.94. The third-order valence-corrected chi connectivity index (χ3v) is 3.89. The van der Waals surface area contributed by atoms with E-state index in [0.717, 1.165) is 12.8 Å². The fourth-order valence-electron chi connectivity index (χ4n) is 2.61. The van der Waals surface area contributed by atoms with Crippen molar-refractivity contribution in [2.45, 2.75) is 12.8 Å². The number of halogens is 1. The first-order valence-electron chi connectivity index (χ1n) is 6.59. The van der Waals surface area contributed by atoms with Gasteiger partial charge in [0.1, 0.15) is 10.8 Å². The highest BCUT2D eigenvalue weighted by Crippen LogP contribution is 2.28. The Bertz CT molecular complexity index is 527. The lowest BCUT2D eigenvalue weighted by molar-refractivity contribution is -0.125. The first kappa shape index (κ1) is 14.7. The molecule has 0 unspecified atom stereocenters. The van der Waals surface area contributed by atoms with Gasteiger partial charge in [-0.25, -0.2) is 4.39 Å². The van der Waals surface area contributed by atoms with Gasteiger partial charge in [-0.2, -0.15) is 0 Å². The van der Waals surface area contributed by atoms with E-state index in [2.05, 4.69) is 5.32 Å². The second-order valence-corrected chi connectivity index (χ2v) is 5.31. The highest BCUT2D eigenvalue weighted by atomic mass is 32.1. The van der Waals surface area contributed by atoms with Gasteiger partial charge in [-0.1, -0.05) is 18.3 Å². The van der Waals surface area contributed by atoms with E-state index in [0.29, 0.717) is 24.3 Å². The molecule has 1 amide bonds. The van der Waals surface area contributed by atoms with Crippen LogP contribution in [0.3, 0.4) is 0 Å². The molecule has 3 N–H and O–H groups in total. The van der Waals surface area contributed by atoms with E-state index in [4.69, 9.17) is 18.0 Å². The Hall–Kier alpha value is -1.69. The number of benzene rings is 1. The standard InChI is InChI=1S/C14H18FN3OS/c1-17-14(19)9-5-7-18(8-6-9)11-4-2-3-10(15)12(11)13(16)20/h2-4,9H,5-8H2,1H3,(H2,16,20)(H,17,19). The molecule has 1 saturated heterocycles. The number of hydrogen-bond donors (Lipinski definition) is 2. The molecule has 0 aromatic heterocycles. The van der Waals surface area contributed by atoms with Gasteiger partial charge in [-0.05, 0) is 25.0 Å². The normalized spacial score (nSPS) is 16.0. The van der Waals surface area contributed by atoms with Crippen molar-refractivity contribution in [1.29, 1.82) is 0 Å². The van der Waals surface area contributed by atoms with Gasteiger partial charge in [0.05, 0.1) is 5.56 Å². The van der Waals surface area contributed by atoms with E-state index in [1.54, 1.807) is 13.1 Å². The molecule has 0 atom stereocenters. The quantitative estimate of drug-likeness (QED) is 0.828. The summed E-state index contributed by atoms with van der Waals surface area (Å²) in [6, 6.07) is 4.82.